The second-order valence-corrected chi connectivity index (χ2v) is 21.3. The van der Waals surface area contributed by atoms with E-state index in [-0.39, 0.29) is 33.8 Å². The maximum atomic E-state index is 14.8. The average Bonchev–Trinajstić information content (AvgIpc) is 4.24. The Bertz CT molecular complexity index is 3470. The summed E-state index contributed by atoms with van der Waals surface area (Å²) < 4.78 is 98.1. The number of nitrogen functional groups attached to an aromatic ring is 1. The Morgan fingerprint density at radius 2 is 1.24 bits per heavy atom. The highest BCUT2D eigenvalue weighted by Crippen LogP contribution is 2.40. The standard InChI is InChI=1S/C22H24FN5O4S.C15H15FN2O.C14H19N5O3S/c1-13(2)28-10-8-20(26-28)33(30,31)27-22(29)25-21-16-6-4-5-15(16)18(23)12-17(21)14-7-9-24-19(11-14)32-3;1-19-14-7-9(5-6-18-14)12-8-13(16)10-3-2-4-11(10)15(12)17;1-11(2)19-10-7-13(15-19)23(21,22)16-14(20)18-8-5-12(6-9-18)17(3)4/h7-13H,4-6H2,1-3H3,(H2,25,27,29);5-8H,2-4,17H2,1H3;5-11H,1-4H3. The summed E-state index contributed by atoms with van der Waals surface area (Å²) in [5, 5.41) is 22.1. The Labute approximate surface area is 434 Å². The van der Waals surface area contributed by atoms with Crippen LogP contribution in [0, 0.1) is 11.6 Å². The molecule has 4 N–H and O–H groups in total. The van der Waals surface area contributed by atoms with Gasteiger partial charge in [-0.25, -0.2) is 32.8 Å². The Kier molecular flexibility index (Phi) is 16.8. The van der Waals surface area contributed by atoms with Gasteiger partial charge in [-0.15, -0.1) is 0 Å². The quantitative estimate of drug-likeness (QED) is 0.0517. The molecule has 0 unspecified atom stereocenters. The molecular weight excluding hydrogens is 1010 g/mol. The fraction of sp³-hybridized carbons (Fsp3) is 0.314. The van der Waals surface area contributed by atoms with E-state index in [1.807, 2.05) is 57.5 Å². The molecule has 0 atom stereocenters. The molecule has 396 valence electrons. The molecule has 5 aromatic heterocycles. The fourth-order valence-corrected chi connectivity index (χ4v) is 9.99. The molecule has 0 saturated heterocycles. The van der Waals surface area contributed by atoms with Crippen LogP contribution in [0.4, 0.5) is 30.6 Å². The van der Waals surface area contributed by atoms with Gasteiger partial charge < -0.3 is 30.5 Å². The topological polar surface area (TPSA) is 258 Å². The van der Waals surface area contributed by atoms with Crippen LogP contribution in [0.2, 0.25) is 0 Å². The number of amides is 2. The predicted molar refractivity (Wildman–Crippen MR) is 276 cm³/mol. The van der Waals surface area contributed by atoms with Gasteiger partial charge >= 0.3 is 16.1 Å². The largest absolute Gasteiger partial charge is 0.806 e. The molecule has 2 aliphatic carbocycles. The zero-order valence-electron chi connectivity index (χ0n) is 42.6. The molecule has 2 aliphatic rings. The van der Waals surface area contributed by atoms with Crippen LogP contribution in [0.5, 0.6) is 11.8 Å². The number of rotatable bonds is 12. The number of anilines is 3. The highest BCUT2D eigenvalue weighted by Gasteiger charge is 2.28. The normalized spacial score (nSPS) is 13.0. The van der Waals surface area contributed by atoms with E-state index in [1.54, 1.807) is 43.6 Å². The Morgan fingerprint density at radius 1 is 0.747 bits per heavy atom. The number of sulfonamides is 2. The molecular formula is C51H58F2N12O8S2. The number of aromatic nitrogens is 7. The number of carbonyl (C=O) groups excluding carboxylic acids is 1. The minimum Gasteiger partial charge on any atom is -0.806 e. The first-order valence-electron chi connectivity index (χ1n) is 23.7. The van der Waals surface area contributed by atoms with Crippen molar-refractivity contribution in [3.63, 3.8) is 0 Å². The monoisotopic (exact) mass is 1070 g/mol. The van der Waals surface area contributed by atoms with Gasteiger partial charge in [-0.3, -0.25) is 9.36 Å². The zero-order chi connectivity index (χ0) is 54.4. The zero-order valence-corrected chi connectivity index (χ0v) is 44.2. The Morgan fingerprint density at radius 3 is 1.77 bits per heavy atom. The first kappa shape index (κ1) is 54.8. The van der Waals surface area contributed by atoms with Crippen LogP contribution in [-0.4, -0.2) is 86.7 Å². The Hall–Kier alpha value is -7.99. The van der Waals surface area contributed by atoms with Crippen molar-refractivity contribution >= 4 is 49.2 Å². The molecule has 9 rings (SSSR count). The lowest BCUT2D eigenvalue weighted by Crippen LogP contribution is -2.51. The number of urea groups is 1. The van der Waals surface area contributed by atoms with Crippen LogP contribution >= 0.6 is 0 Å². The number of fused-ring (bicyclic) bond motifs is 2. The lowest BCUT2D eigenvalue weighted by Gasteiger charge is -2.17. The van der Waals surface area contributed by atoms with Gasteiger partial charge in [0.1, 0.15) is 11.6 Å². The molecule has 2 amide bonds. The van der Waals surface area contributed by atoms with Crippen LogP contribution in [0.3, 0.4) is 0 Å². The SMILES string of the molecule is CC(C)n1ccc(S(=O)(=O)N=C([O-])[n+]2ccc(N(C)C)cc2)n1.COc1cc(-c2cc(F)c3c(c2N)CCC3)ccn1.COc1cc(-c2cc(F)c3c(c2NC(=O)NS(=O)(=O)c2ccn(C(C)C)n2)CCC3)ccn1. The van der Waals surface area contributed by atoms with Gasteiger partial charge in [0.05, 0.1) is 32.3 Å². The van der Waals surface area contributed by atoms with Gasteiger partial charge in [0, 0.05) is 102 Å². The van der Waals surface area contributed by atoms with E-state index in [4.69, 9.17) is 15.2 Å². The van der Waals surface area contributed by atoms with Crippen molar-refractivity contribution in [2.45, 2.75) is 88.4 Å². The molecule has 0 saturated carbocycles. The number of nitrogens with one attached hydrogen (secondary N) is 2. The third-order valence-electron chi connectivity index (χ3n) is 12.2. The maximum absolute atomic E-state index is 14.8. The smallest absolute Gasteiger partial charge is 0.388 e. The highest BCUT2D eigenvalue weighted by molar-refractivity contribution is 7.90. The van der Waals surface area contributed by atoms with E-state index in [1.165, 1.54) is 71.7 Å². The average molecular weight is 1070 g/mol. The first-order valence-corrected chi connectivity index (χ1v) is 26.6. The van der Waals surface area contributed by atoms with E-state index in [9.17, 15) is 35.5 Å². The summed E-state index contributed by atoms with van der Waals surface area (Å²) in [7, 11) is -1.59. The maximum Gasteiger partial charge on any atom is 0.388 e. The van der Waals surface area contributed by atoms with Crippen molar-refractivity contribution < 1.29 is 49.6 Å². The Balaban J connectivity index is 0.000000171. The van der Waals surface area contributed by atoms with Crippen LogP contribution in [0.1, 0.15) is 74.9 Å². The van der Waals surface area contributed by atoms with Crippen molar-refractivity contribution in [2.24, 2.45) is 4.40 Å². The van der Waals surface area contributed by atoms with Gasteiger partial charge in [-0.2, -0.15) is 27.0 Å². The summed E-state index contributed by atoms with van der Waals surface area (Å²) in [6.07, 6.45) is 13.6. The molecule has 0 aliphatic heterocycles. The van der Waals surface area contributed by atoms with Crippen molar-refractivity contribution in [2.75, 3.05) is 44.3 Å². The molecule has 2 aromatic carbocycles. The molecule has 20 nitrogen and oxygen atoms in total. The molecule has 0 spiro atoms. The van der Waals surface area contributed by atoms with Crippen LogP contribution in [-0.2, 0) is 45.7 Å². The van der Waals surface area contributed by atoms with Crippen LogP contribution in [0.25, 0.3) is 22.3 Å². The summed E-state index contributed by atoms with van der Waals surface area (Å²) in [4.78, 5) is 22.7. The number of halogens is 2. The van der Waals surface area contributed by atoms with Crippen molar-refractivity contribution in [3.8, 4) is 34.0 Å². The number of nitrogens with two attached hydrogens (primary N) is 1. The number of ether oxygens (including phenoxy) is 2. The van der Waals surface area contributed by atoms with Crippen molar-refractivity contribution in [3.05, 3.63) is 132 Å². The third kappa shape index (κ3) is 12.7. The number of carbonyl (C=O) groups is 1. The van der Waals surface area contributed by atoms with E-state index in [2.05, 4.69) is 29.9 Å². The van der Waals surface area contributed by atoms with Gasteiger partial charge in [0.2, 0.25) is 16.8 Å². The second-order valence-electron chi connectivity index (χ2n) is 18.1. The van der Waals surface area contributed by atoms with Gasteiger partial charge in [0.15, 0.2) is 5.03 Å². The highest BCUT2D eigenvalue weighted by atomic mass is 32.2. The molecule has 7 aromatic rings. The number of benzene rings is 2. The number of nitrogens with zero attached hydrogens (tertiary/aromatic N) is 9. The second kappa shape index (κ2) is 23.1. The number of methoxy groups -OCH3 is 2. The predicted octanol–water partition coefficient (Wildman–Crippen LogP) is 6.41. The third-order valence-corrected chi connectivity index (χ3v) is 14.6. The van der Waals surface area contributed by atoms with E-state index in [0.717, 1.165) is 58.2 Å². The summed E-state index contributed by atoms with van der Waals surface area (Å²) in [6, 6.07) is 13.9. The first-order chi connectivity index (χ1) is 35.6. The molecule has 0 bridgehead atoms. The molecule has 24 heteroatoms. The van der Waals surface area contributed by atoms with E-state index >= 15 is 0 Å². The summed E-state index contributed by atoms with van der Waals surface area (Å²) in [5.74, 6) is 0.295. The molecule has 0 radical (unpaired) electrons. The van der Waals surface area contributed by atoms with Gasteiger partial charge in [0.25, 0.3) is 16.0 Å². The van der Waals surface area contributed by atoms with Crippen molar-refractivity contribution in [1.29, 1.82) is 0 Å². The molecule has 5 heterocycles. The van der Waals surface area contributed by atoms with Crippen molar-refractivity contribution in [1.82, 2.24) is 34.3 Å². The lowest BCUT2D eigenvalue weighted by molar-refractivity contribution is -0.613. The van der Waals surface area contributed by atoms with Gasteiger partial charge in [-0.1, -0.05) is 0 Å². The number of hydrogen-bond acceptors (Lipinski definition) is 14. The van der Waals surface area contributed by atoms with E-state index in [0.29, 0.717) is 58.2 Å². The summed E-state index contributed by atoms with van der Waals surface area (Å²) in [6.45, 7) is 7.45. The van der Waals surface area contributed by atoms with Gasteiger partial charge in [-0.05, 0) is 136 Å². The molecule has 0 fully saturated rings. The fourth-order valence-electron chi connectivity index (χ4n) is 8.33. The minimum absolute atomic E-state index is 0.0163. The number of pyridine rings is 3. The summed E-state index contributed by atoms with van der Waals surface area (Å²) >= 11 is 0. The lowest BCUT2D eigenvalue weighted by atomic mass is 9.97. The number of hydrogen-bond donors (Lipinski definition) is 3. The van der Waals surface area contributed by atoms with Crippen LogP contribution < -0.4 is 39.8 Å². The molecule has 75 heavy (non-hydrogen) atoms. The van der Waals surface area contributed by atoms with Crippen LogP contribution in [0.15, 0.2) is 112 Å². The minimum atomic E-state index is -4.20. The van der Waals surface area contributed by atoms with E-state index < -0.39 is 32.1 Å². The summed E-state index contributed by atoms with van der Waals surface area (Å²) in [5.41, 5.74) is 13.6.